The molecule has 2 aromatic rings. The fraction of sp³-hybridized carbons (Fsp3) is 0.111. The highest BCUT2D eigenvalue weighted by molar-refractivity contribution is 9.12. The van der Waals surface area contributed by atoms with Crippen LogP contribution < -0.4 is 5.73 Å². The lowest BCUT2D eigenvalue weighted by Crippen LogP contribution is -2.11. The van der Waals surface area contributed by atoms with E-state index in [0.29, 0.717) is 0 Å². The molecule has 2 aromatic heterocycles. The minimum atomic E-state index is -0.192. The van der Waals surface area contributed by atoms with E-state index >= 15 is 0 Å². The van der Waals surface area contributed by atoms with Gasteiger partial charge in [0.15, 0.2) is 0 Å². The normalized spacial score (nSPS) is 12.7. The Morgan fingerprint density at radius 3 is 2.47 bits per heavy atom. The minimum Gasteiger partial charge on any atom is -0.320 e. The number of hydrogen-bond acceptors (Lipinski definition) is 4. The van der Waals surface area contributed by atoms with E-state index in [-0.39, 0.29) is 6.04 Å². The summed E-state index contributed by atoms with van der Waals surface area (Å²) in [6.45, 7) is 0. The average molecular weight is 349 g/mol. The topological polar surface area (TPSA) is 51.8 Å². The average Bonchev–Trinajstić information content (AvgIpc) is 2.58. The van der Waals surface area contributed by atoms with Crippen molar-refractivity contribution in [3.05, 3.63) is 43.5 Å². The Kier molecular flexibility index (Phi) is 3.50. The number of thiophene rings is 1. The molecular formula is C9H7Br2N3S. The monoisotopic (exact) mass is 347 g/mol. The van der Waals surface area contributed by atoms with Gasteiger partial charge in [-0.05, 0) is 43.5 Å². The smallest absolute Gasteiger partial charge is 0.115 e. The summed E-state index contributed by atoms with van der Waals surface area (Å²) in [7, 11) is 0. The highest BCUT2D eigenvalue weighted by Gasteiger charge is 2.15. The van der Waals surface area contributed by atoms with Gasteiger partial charge in [-0.3, -0.25) is 0 Å². The van der Waals surface area contributed by atoms with Crippen LogP contribution in [0, 0.1) is 0 Å². The van der Waals surface area contributed by atoms with E-state index in [1.54, 1.807) is 23.7 Å². The number of nitrogens with zero attached hydrogens (tertiary/aromatic N) is 2. The second-order valence-electron chi connectivity index (χ2n) is 2.93. The molecule has 0 amide bonds. The molecule has 0 saturated heterocycles. The third-order valence-electron chi connectivity index (χ3n) is 1.96. The zero-order valence-corrected chi connectivity index (χ0v) is 11.5. The largest absolute Gasteiger partial charge is 0.320 e. The second kappa shape index (κ2) is 4.69. The first-order valence-corrected chi connectivity index (χ1v) is 6.54. The Hall–Kier alpha value is -0.300. The Bertz CT molecular complexity index is 458. The molecule has 15 heavy (non-hydrogen) atoms. The van der Waals surface area contributed by atoms with Crippen LogP contribution in [-0.2, 0) is 0 Å². The van der Waals surface area contributed by atoms with Crippen molar-refractivity contribution in [1.82, 2.24) is 9.97 Å². The lowest BCUT2D eigenvalue weighted by molar-refractivity contribution is 0.851. The molecule has 0 fully saturated rings. The van der Waals surface area contributed by atoms with Gasteiger partial charge in [0.05, 0.1) is 13.6 Å². The maximum Gasteiger partial charge on any atom is 0.115 e. The molecule has 1 unspecified atom stereocenters. The number of hydrogen-bond donors (Lipinski definition) is 1. The van der Waals surface area contributed by atoms with E-state index in [4.69, 9.17) is 5.73 Å². The standard InChI is InChI=1S/C9H7Br2N3S/c10-7-1-6(9(11)15-7)8(12)5-2-13-4-14-3-5/h1-4,8H,12H2. The third kappa shape index (κ3) is 2.44. The summed E-state index contributed by atoms with van der Waals surface area (Å²) in [4.78, 5) is 7.91. The van der Waals surface area contributed by atoms with Crippen LogP contribution in [0.2, 0.25) is 0 Å². The van der Waals surface area contributed by atoms with E-state index in [1.807, 2.05) is 6.07 Å². The first-order chi connectivity index (χ1) is 7.18. The molecule has 2 rings (SSSR count). The molecular weight excluding hydrogens is 342 g/mol. The van der Waals surface area contributed by atoms with Gasteiger partial charge in [0.1, 0.15) is 6.33 Å². The van der Waals surface area contributed by atoms with Crippen molar-refractivity contribution in [2.45, 2.75) is 6.04 Å². The van der Waals surface area contributed by atoms with Crippen molar-refractivity contribution in [3.63, 3.8) is 0 Å². The highest BCUT2D eigenvalue weighted by atomic mass is 79.9. The van der Waals surface area contributed by atoms with Gasteiger partial charge >= 0.3 is 0 Å². The first kappa shape index (κ1) is 11.2. The van der Waals surface area contributed by atoms with Crippen molar-refractivity contribution in [1.29, 1.82) is 0 Å². The maximum absolute atomic E-state index is 6.11. The summed E-state index contributed by atoms with van der Waals surface area (Å²) in [5.74, 6) is 0. The molecule has 0 aliphatic carbocycles. The molecule has 0 aliphatic heterocycles. The highest BCUT2D eigenvalue weighted by Crippen LogP contribution is 2.36. The van der Waals surface area contributed by atoms with Crippen LogP contribution in [0.5, 0.6) is 0 Å². The molecule has 0 aliphatic rings. The zero-order valence-electron chi connectivity index (χ0n) is 7.52. The summed E-state index contributed by atoms with van der Waals surface area (Å²) in [6.07, 6.45) is 4.96. The van der Waals surface area contributed by atoms with Crippen molar-refractivity contribution in [2.75, 3.05) is 0 Å². The van der Waals surface area contributed by atoms with Gasteiger partial charge in [0.25, 0.3) is 0 Å². The predicted molar refractivity (Wildman–Crippen MR) is 67.8 cm³/mol. The number of rotatable bonds is 2. The molecule has 2 N–H and O–H groups in total. The van der Waals surface area contributed by atoms with Gasteiger partial charge in [0, 0.05) is 18.0 Å². The van der Waals surface area contributed by atoms with E-state index in [9.17, 15) is 0 Å². The Morgan fingerprint density at radius 2 is 1.93 bits per heavy atom. The lowest BCUT2D eigenvalue weighted by atomic mass is 10.1. The van der Waals surface area contributed by atoms with E-state index in [1.165, 1.54) is 6.33 Å². The molecule has 78 valence electrons. The van der Waals surface area contributed by atoms with Crippen molar-refractivity contribution in [3.8, 4) is 0 Å². The number of nitrogens with two attached hydrogens (primary N) is 1. The summed E-state index contributed by atoms with van der Waals surface area (Å²) >= 11 is 8.51. The van der Waals surface area contributed by atoms with Crippen LogP contribution in [0.1, 0.15) is 17.2 Å². The van der Waals surface area contributed by atoms with Gasteiger partial charge in [-0.25, -0.2) is 9.97 Å². The maximum atomic E-state index is 6.11. The molecule has 1 atom stereocenters. The SMILES string of the molecule is NC(c1cncnc1)c1cc(Br)sc1Br. The van der Waals surface area contributed by atoms with Gasteiger partial charge in [0.2, 0.25) is 0 Å². The van der Waals surface area contributed by atoms with Gasteiger partial charge in [-0.2, -0.15) is 0 Å². The van der Waals surface area contributed by atoms with Crippen molar-refractivity contribution < 1.29 is 0 Å². The van der Waals surface area contributed by atoms with Crippen molar-refractivity contribution >= 4 is 43.2 Å². The Morgan fingerprint density at radius 1 is 1.27 bits per heavy atom. The van der Waals surface area contributed by atoms with E-state index < -0.39 is 0 Å². The summed E-state index contributed by atoms with van der Waals surface area (Å²) in [6, 6.07) is 1.81. The van der Waals surface area contributed by atoms with Crippen LogP contribution in [0.4, 0.5) is 0 Å². The van der Waals surface area contributed by atoms with Gasteiger partial charge in [-0.1, -0.05) is 0 Å². The van der Waals surface area contributed by atoms with Crippen LogP contribution in [0.3, 0.4) is 0 Å². The van der Waals surface area contributed by atoms with Crippen LogP contribution in [0.15, 0.2) is 32.4 Å². The zero-order chi connectivity index (χ0) is 10.8. The Balaban J connectivity index is 2.36. The molecule has 0 bridgehead atoms. The molecule has 0 spiro atoms. The van der Waals surface area contributed by atoms with Crippen LogP contribution >= 0.6 is 43.2 Å². The first-order valence-electron chi connectivity index (χ1n) is 4.13. The molecule has 0 saturated carbocycles. The van der Waals surface area contributed by atoms with E-state index in [0.717, 1.165) is 18.7 Å². The van der Waals surface area contributed by atoms with E-state index in [2.05, 4.69) is 41.8 Å². The van der Waals surface area contributed by atoms with Crippen molar-refractivity contribution in [2.24, 2.45) is 5.73 Å². The molecule has 0 radical (unpaired) electrons. The third-order valence-corrected chi connectivity index (χ3v) is 4.34. The molecule has 3 nitrogen and oxygen atoms in total. The minimum absolute atomic E-state index is 0.192. The second-order valence-corrected chi connectivity index (χ2v) is 6.68. The number of aromatic nitrogens is 2. The summed E-state index contributed by atoms with van der Waals surface area (Å²) in [5.41, 5.74) is 8.06. The van der Waals surface area contributed by atoms with Crippen LogP contribution in [-0.4, -0.2) is 9.97 Å². The van der Waals surface area contributed by atoms with Gasteiger partial charge in [-0.15, -0.1) is 11.3 Å². The molecule has 6 heteroatoms. The quantitative estimate of drug-likeness (QED) is 0.907. The predicted octanol–water partition coefficient (Wildman–Crippen LogP) is 3.11. The van der Waals surface area contributed by atoms with Crippen LogP contribution in [0.25, 0.3) is 0 Å². The fourth-order valence-electron chi connectivity index (χ4n) is 1.22. The van der Waals surface area contributed by atoms with Gasteiger partial charge < -0.3 is 5.73 Å². The Labute approximate surface area is 108 Å². The number of halogens is 2. The molecule has 0 aromatic carbocycles. The lowest BCUT2D eigenvalue weighted by Gasteiger charge is -2.09. The fourth-order valence-corrected chi connectivity index (χ4v) is 4.14. The summed E-state index contributed by atoms with van der Waals surface area (Å²) < 4.78 is 2.09. The summed E-state index contributed by atoms with van der Waals surface area (Å²) in [5, 5.41) is 0. The molecule has 2 heterocycles.